The molecule has 0 spiro atoms. The van der Waals surface area contributed by atoms with E-state index >= 15 is 0 Å². The highest BCUT2D eigenvalue weighted by atomic mass is 32.3. The van der Waals surface area contributed by atoms with Crippen molar-refractivity contribution in [3.63, 3.8) is 0 Å². The van der Waals surface area contributed by atoms with Crippen molar-refractivity contribution < 1.29 is 18.9 Å². The number of hydrogen-bond acceptors (Lipinski definition) is 20. The number of hydrogen-bond donors (Lipinski definition) is 0. The highest BCUT2D eigenvalue weighted by Gasteiger charge is 2.32. The van der Waals surface area contributed by atoms with Gasteiger partial charge < -0.3 is 18.9 Å². The van der Waals surface area contributed by atoms with E-state index in [4.69, 9.17) is 18.9 Å². The van der Waals surface area contributed by atoms with Crippen molar-refractivity contribution in [2.75, 3.05) is 99.9 Å². The Morgan fingerprint density at radius 1 is 0.318 bits per heavy atom. The van der Waals surface area contributed by atoms with Gasteiger partial charge in [-0.2, -0.15) is 0 Å². The molecule has 0 unspecified atom stereocenters. The maximum atomic E-state index is 6.12. The largest absolute Gasteiger partial charge is 0.378 e. The third-order valence-electron chi connectivity index (χ3n) is 9.90. The Morgan fingerprint density at radius 2 is 0.591 bits per heavy atom. The second-order valence-electron chi connectivity index (χ2n) is 15.2. The smallest absolute Gasteiger partial charge is 0.0717 e. The summed E-state index contributed by atoms with van der Waals surface area (Å²) < 4.78 is 41.8. The minimum atomic E-state index is 0.638. The summed E-state index contributed by atoms with van der Waals surface area (Å²) in [6, 6.07) is 0. The van der Waals surface area contributed by atoms with Crippen LogP contribution in [-0.4, -0.2) is 99.9 Å². The van der Waals surface area contributed by atoms with Crippen molar-refractivity contribution in [2.45, 2.75) is 117 Å². The molecule has 0 aromatic heterocycles. The van der Waals surface area contributed by atoms with Crippen LogP contribution in [0.25, 0.3) is 0 Å². The molecule has 0 fully saturated rings. The van der Waals surface area contributed by atoms with Gasteiger partial charge in [-0.25, -0.2) is 0 Å². The fourth-order valence-electron chi connectivity index (χ4n) is 6.42. The van der Waals surface area contributed by atoms with Gasteiger partial charge in [0.1, 0.15) is 0 Å². The highest BCUT2D eigenvalue weighted by Crippen LogP contribution is 2.67. The Hall–Kier alpha value is 3.88. The second kappa shape index (κ2) is 39.3. The van der Waals surface area contributed by atoms with Gasteiger partial charge in [-0.05, 0) is 36.9 Å². The number of rotatable bonds is 22. The van der Waals surface area contributed by atoms with Gasteiger partial charge in [-0.3, -0.25) is 0 Å². The van der Waals surface area contributed by atoms with Crippen LogP contribution in [0.4, 0.5) is 0 Å². The first-order valence-electron chi connectivity index (χ1n) is 23.7. The second-order valence-corrected chi connectivity index (χ2v) is 34.7. The van der Waals surface area contributed by atoms with Gasteiger partial charge in [-0.1, -0.05) is 198 Å². The standard InChI is InChI=1S/C46H72O4S16/c1-5-7-9-11-13-15-17-19-29-53-37-38(54-30-20-18-16-14-12-10-8-6-2)62-45(61-37)46-65-41-42(66-46)58-34-28-50-24-22-48-26-32-56-40-39(55-31-25-47-21-23-49-27-33-57-41)63-44(64-40)43-59-35(51-3)36(52-4)60-43/h5-34H2,1-4H3. The molecule has 5 aliphatic heterocycles. The Balaban J connectivity index is 1.09. The van der Waals surface area contributed by atoms with E-state index in [2.05, 4.69) is 73.4 Å². The van der Waals surface area contributed by atoms with E-state index < -0.39 is 0 Å². The van der Waals surface area contributed by atoms with Crippen molar-refractivity contribution >= 4 is 188 Å². The van der Waals surface area contributed by atoms with Crippen LogP contribution in [0.1, 0.15) is 117 Å². The summed E-state index contributed by atoms with van der Waals surface area (Å²) in [4.78, 5) is 0. The van der Waals surface area contributed by atoms with E-state index in [1.165, 1.54) is 157 Å². The molecule has 0 radical (unpaired) electrons. The fourth-order valence-corrected chi connectivity index (χ4v) is 29.4. The monoisotopic (exact) mass is 1200 g/mol. The van der Waals surface area contributed by atoms with Gasteiger partial charge in [0, 0.05) is 23.0 Å². The maximum Gasteiger partial charge on any atom is 0.0717 e. The van der Waals surface area contributed by atoms with E-state index in [9.17, 15) is 0 Å². The third kappa shape index (κ3) is 24.3. The zero-order valence-electron chi connectivity index (χ0n) is 39.4. The molecule has 5 heterocycles. The number of unbranched alkanes of at least 4 members (excludes halogenated alkanes) is 14. The Bertz CT molecular complexity index is 1510. The molecular weight excluding hydrogens is 1130 g/mol. The minimum Gasteiger partial charge on any atom is -0.378 e. The highest BCUT2D eigenvalue weighted by molar-refractivity contribution is 8.46. The van der Waals surface area contributed by atoms with Gasteiger partial charge in [0.2, 0.25) is 0 Å². The summed E-state index contributed by atoms with van der Waals surface area (Å²) in [6.07, 6.45) is 26.5. The van der Waals surface area contributed by atoms with E-state index in [-0.39, 0.29) is 0 Å². The Morgan fingerprint density at radius 3 is 0.894 bits per heavy atom. The van der Waals surface area contributed by atoms with Crippen LogP contribution in [0.3, 0.4) is 0 Å². The lowest BCUT2D eigenvalue weighted by molar-refractivity contribution is 0.0605. The molecule has 376 valence electrons. The van der Waals surface area contributed by atoms with Crippen LogP contribution < -0.4 is 0 Å². The van der Waals surface area contributed by atoms with Crippen LogP contribution >= 0.6 is 188 Å². The van der Waals surface area contributed by atoms with Crippen molar-refractivity contribution in [1.29, 1.82) is 0 Å². The van der Waals surface area contributed by atoms with Crippen molar-refractivity contribution in [3.05, 3.63) is 50.8 Å². The molecule has 0 saturated carbocycles. The molecule has 0 N–H and O–H groups in total. The summed E-state index contributed by atoms with van der Waals surface area (Å²) in [5.74, 6) is 6.25. The lowest BCUT2D eigenvalue weighted by atomic mass is 10.1. The molecule has 0 amide bonds. The van der Waals surface area contributed by atoms with Gasteiger partial charge in [0.15, 0.2) is 0 Å². The topological polar surface area (TPSA) is 36.9 Å². The summed E-state index contributed by atoms with van der Waals surface area (Å²) in [6.45, 7) is 10.1. The van der Waals surface area contributed by atoms with E-state index in [0.29, 0.717) is 26.4 Å². The van der Waals surface area contributed by atoms with Crippen molar-refractivity contribution in [2.24, 2.45) is 0 Å². The molecule has 0 aromatic carbocycles. The Labute approximate surface area is 468 Å². The first kappa shape index (κ1) is 60.7. The van der Waals surface area contributed by atoms with Gasteiger partial charge in [0.05, 0.1) is 104 Å². The average molecular weight is 1200 g/mol. The molecule has 0 aliphatic carbocycles. The lowest BCUT2D eigenvalue weighted by Crippen LogP contribution is -2.08. The van der Waals surface area contributed by atoms with Gasteiger partial charge in [-0.15, -0.1) is 94.1 Å². The SMILES string of the molecule is CCCCCCCCCCSC1=C(SCCCCCCCCCC)SC(=C2SC3=C(SCCOCCOCCSC4=C(SCCOCCOCCS3)SC(=C3SC(SC)=C(SC)S3)S4)S2)S1. The molecule has 0 aromatic rings. The summed E-state index contributed by atoms with van der Waals surface area (Å²) >= 11 is 31.7. The molecule has 20 heteroatoms. The lowest BCUT2D eigenvalue weighted by Gasteiger charge is -2.09. The van der Waals surface area contributed by atoms with Crippen LogP contribution in [0.5, 0.6) is 0 Å². The van der Waals surface area contributed by atoms with Crippen LogP contribution in [0, 0.1) is 0 Å². The molecular formula is C46H72O4S16. The zero-order valence-corrected chi connectivity index (χ0v) is 52.4. The predicted molar refractivity (Wildman–Crippen MR) is 333 cm³/mol. The first-order chi connectivity index (χ1) is 32.6. The van der Waals surface area contributed by atoms with Gasteiger partial charge in [0.25, 0.3) is 0 Å². The Kier molecular flexibility index (Phi) is 36.2. The molecule has 5 aliphatic rings. The maximum absolute atomic E-state index is 6.12. The summed E-state index contributed by atoms with van der Waals surface area (Å²) in [5, 5.41) is 0. The first-order valence-corrected chi connectivity index (χ1v) is 38.6. The predicted octanol–water partition coefficient (Wildman–Crippen LogP) is 20.2. The number of ether oxygens (including phenoxy) is 4. The number of thioether (sulfide) groups is 16. The van der Waals surface area contributed by atoms with Gasteiger partial charge >= 0.3 is 0 Å². The van der Waals surface area contributed by atoms with E-state index in [1.54, 1.807) is 8.47 Å². The van der Waals surface area contributed by atoms with E-state index in [1.807, 2.05) is 141 Å². The van der Waals surface area contributed by atoms with Crippen LogP contribution in [-0.2, 0) is 18.9 Å². The van der Waals surface area contributed by atoms with Crippen LogP contribution in [0.15, 0.2) is 50.8 Å². The van der Waals surface area contributed by atoms with Crippen molar-refractivity contribution in [1.82, 2.24) is 0 Å². The minimum absolute atomic E-state index is 0.638. The van der Waals surface area contributed by atoms with Crippen molar-refractivity contribution in [3.8, 4) is 0 Å². The molecule has 4 nitrogen and oxygen atoms in total. The molecule has 0 saturated heterocycles. The molecule has 0 bridgehead atoms. The fraction of sp³-hybridized carbons (Fsp3) is 0.739. The zero-order chi connectivity index (χ0) is 46.3. The normalized spacial score (nSPS) is 20.9. The van der Waals surface area contributed by atoms with E-state index in [0.717, 1.165) is 49.4 Å². The molecule has 66 heavy (non-hydrogen) atoms. The average Bonchev–Trinajstić information content (AvgIpc) is 4.14. The van der Waals surface area contributed by atoms with Crippen LogP contribution in [0.2, 0.25) is 0 Å². The summed E-state index contributed by atoms with van der Waals surface area (Å²) in [7, 11) is 0. The summed E-state index contributed by atoms with van der Waals surface area (Å²) in [5.41, 5.74) is 0. The third-order valence-corrected chi connectivity index (χ3v) is 32.8. The quantitative estimate of drug-likeness (QED) is 0.0965. The molecule has 5 rings (SSSR count). The molecule has 0 atom stereocenters.